The second kappa shape index (κ2) is 6.58. The lowest BCUT2D eigenvalue weighted by molar-refractivity contribution is 0.130. The van der Waals surface area contributed by atoms with E-state index in [1.807, 2.05) is 0 Å². The first-order valence-electron chi connectivity index (χ1n) is 6.95. The van der Waals surface area contributed by atoms with Crippen LogP contribution in [0.15, 0.2) is 0 Å². The third-order valence-corrected chi connectivity index (χ3v) is 4.15. The van der Waals surface area contributed by atoms with Crippen LogP contribution in [0.25, 0.3) is 0 Å². The van der Waals surface area contributed by atoms with E-state index < -0.39 is 0 Å². The van der Waals surface area contributed by atoms with E-state index in [9.17, 15) is 0 Å². The van der Waals surface area contributed by atoms with Crippen LogP contribution in [-0.2, 0) is 0 Å². The van der Waals surface area contributed by atoms with E-state index in [4.69, 9.17) is 5.11 Å². The Hall–Kier alpha value is -0.120. The van der Waals surface area contributed by atoms with Crippen molar-refractivity contribution in [2.24, 2.45) is 5.92 Å². The molecule has 3 heteroatoms. The predicted octanol–water partition coefficient (Wildman–Crippen LogP) is 1.22. The highest BCUT2D eigenvalue weighted by atomic mass is 16.3. The molecule has 0 spiro atoms. The molecule has 0 bridgehead atoms. The molecule has 2 heterocycles. The summed E-state index contributed by atoms with van der Waals surface area (Å²) in [6.45, 7) is 5.27. The molecule has 0 amide bonds. The van der Waals surface area contributed by atoms with E-state index in [0.29, 0.717) is 12.5 Å². The molecule has 2 rings (SSSR count). The fourth-order valence-corrected chi connectivity index (χ4v) is 2.96. The van der Waals surface area contributed by atoms with E-state index in [2.05, 4.69) is 10.2 Å². The lowest BCUT2D eigenvalue weighted by Gasteiger charge is -2.31. The zero-order valence-electron chi connectivity index (χ0n) is 10.3. The molecular formula is C13H26N2O. The second-order valence-electron chi connectivity index (χ2n) is 5.40. The van der Waals surface area contributed by atoms with Gasteiger partial charge < -0.3 is 15.3 Å². The smallest absolute Gasteiger partial charge is 0.0460 e. The van der Waals surface area contributed by atoms with Gasteiger partial charge in [-0.1, -0.05) is 0 Å². The third kappa shape index (κ3) is 3.72. The SMILES string of the molecule is OCC1CCN(CCCC2CCCN2)CC1. The van der Waals surface area contributed by atoms with Crippen LogP contribution >= 0.6 is 0 Å². The Bertz CT molecular complexity index is 184. The van der Waals surface area contributed by atoms with Gasteiger partial charge in [-0.25, -0.2) is 0 Å². The van der Waals surface area contributed by atoms with Crippen LogP contribution in [0.5, 0.6) is 0 Å². The van der Waals surface area contributed by atoms with Crippen molar-refractivity contribution in [1.29, 1.82) is 0 Å². The molecule has 1 unspecified atom stereocenters. The number of rotatable bonds is 5. The third-order valence-electron chi connectivity index (χ3n) is 4.15. The van der Waals surface area contributed by atoms with E-state index >= 15 is 0 Å². The summed E-state index contributed by atoms with van der Waals surface area (Å²) in [7, 11) is 0. The summed E-state index contributed by atoms with van der Waals surface area (Å²) in [4.78, 5) is 2.57. The van der Waals surface area contributed by atoms with Crippen molar-refractivity contribution in [3.8, 4) is 0 Å². The maximum absolute atomic E-state index is 9.07. The second-order valence-corrected chi connectivity index (χ2v) is 5.40. The Morgan fingerprint density at radius 1 is 1.19 bits per heavy atom. The highest BCUT2D eigenvalue weighted by Gasteiger charge is 2.19. The number of aliphatic hydroxyl groups is 1. The summed E-state index contributed by atoms with van der Waals surface area (Å²) in [6.07, 6.45) is 7.82. The first-order valence-corrected chi connectivity index (χ1v) is 6.95. The Labute approximate surface area is 99.2 Å². The maximum atomic E-state index is 9.07. The molecule has 0 radical (unpaired) electrons. The van der Waals surface area contributed by atoms with Crippen molar-refractivity contribution in [2.75, 3.05) is 32.8 Å². The highest BCUT2D eigenvalue weighted by molar-refractivity contribution is 4.76. The summed E-state index contributed by atoms with van der Waals surface area (Å²) < 4.78 is 0. The van der Waals surface area contributed by atoms with Crippen LogP contribution in [0.4, 0.5) is 0 Å². The van der Waals surface area contributed by atoms with Crippen LogP contribution in [-0.4, -0.2) is 48.8 Å². The summed E-state index contributed by atoms with van der Waals surface area (Å²) in [6, 6.07) is 0.801. The molecule has 0 aromatic carbocycles. The van der Waals surface area contributed by atoms with Crippen LogP contribution in [0.1, 0.15) is 38.5 Å². The molecule has 2 saturated heterocycles. The summed E-state index contributed by atoms with van der Waals surface area (Å²) in [5.74, 6) is 0.577. The molecule has 0 aliphatic carbocycles. The number of piperidine rings is 1. The van der Waals surface area contributed by atoms with E-state index in [1.54, 1.807) is 0 Å². The molecule has 2 aliphatic heterocycles. The number of likely N-dealkylation sites (tertiary alicyclic amines) is 1. The number of aliphatic hydroxyl groups excluding tert-OH is 1. The molecule has 0 saturated carbocycles. The molecule has 94 valence electrons. The van der Waals surface area contributed by atoms with Gasteiger partial charge in [-0.15, -0.1) is 0 Å². The van der Waals surface area contributed by atoms with Crippen molar-refractivity contribution < 1.29 is 5.11 Å². The lowest BCUT2D eigenvalue weighted by Crippen LogP contribution is -2.36. The van der Waals surface area contributed by atoms with E-state index in [0.717, 1.165) is 6.04 Å². The molecule has 1 atom stereocenters. The van der Waals surface area contributed by atoms with Crippen LogP contribution in [0, 0.1) is 5.92 Å². The average molecular weight is 226 g/mol. The first-order chi connectivity index (χ1) is 7.88. The zero-order chi connectivity index (χ0) is 11.2. The Morgan fingerprint density at radius 3 is 2.62 bits per heavy atom. The van der Waals surface area contributed by atoms with Gasteiger partial charge in [-0.3, -0.25) is 0 Å². The zero-order valence-corrected chi connectivity index (χ0v) is 10.3. The monoisotopic (exact) mass is 226 g/mol. The lowest BCUT2D eigenvalue weighted by atomic mass is 9.97. The quantitative estimate of drug-likeness (QED) is 0.740. The Morgan fingerprint density at radius 2 is 2.00 bits per heavy atom. The molecule has 2 aliphatic rings. The fraction of sp³-hybridized carbons (Fsp3) is 1.00. The van der Waals surface area contributed by atoms with Gasteiger partial charge in [0.2, 0.25) is 0 Å². The van der Waals surface area contributed by atoms with Gasteiger partial charge in [0.25, 0.3) is 0 Å². The minimum absolute atomic E-state index is 0.389. The first kappa shape index (κ1) is 12.3. The fourth-order valence-electron chi connectivity index (χ4n) is 2.96. The number of hydrogen-bond acceptors (Lipinski definition) is 3. The Balaban J connectivity index is 1.53. The highest BCUT2D eigenvalue weighted by Crippen LogP contribution is 2.17. The summed E-state index contributed by atoms with van der Waals surface area (Å²) >= 11 is 0. The number of nitrogens with zero attached hydrogens (tertiary/aromatic N) is 1. The van der Waals surface area contributed by atoms with Gasteiger partial charge in [-0.05, 0) is 70.6 Å². The average Bonchev–Trinajstić information content (AvgIpc) is 2.83. The topological polar surface area (TPSA) is 35.5 Å². The van der Waals surface area contributed by atoms with Gasteiger partial charge in [-0.2, -0.15) is 0 Å². The van der Waals surface area contributed by atoms with Crippen molar-refractivity contribution in [2.45, 2.75) is 44.6 Å². The van der Waals surface area contributed by atoms with Gasteiger partial charge >= 0.3 is 0 Å². The van der Waals surface area contributed by atoms with Crippen LogP contribution < -0.4 is 5.32 Å². The van der Waals surface area contributed by atoms with Crippen LogP contribution in [0.2, 0.25) is 0 Å². The van der Waals surface area contributed by atoms with Crippen molar-refractivity contribution in [3.05, 3.63) is 0 Å². The van der Waals surface area contributed by atoms with Gasteiger partial charge in [0.15, 0.2) is 0 Å². The normalized spacial score (nSPS) is 28.7. The van der Waals surface area contributed by atoms with Gasteiger partial charge in [0.05, 0.1) is 0 Å². The minimum Gasteiger partial charge on any atom is -0.396 e. The number of nitrogens with one attached hydrogen (secondary N) is 1. The molecule has 0 aromatic heterocycles. The molecular weight excluding hydrogens is 200 g/mol. The summed E-state index contributed by atoms with van der Waals surface area (Å²) in [5, 5.41) is 12.6. The maximum Gasteiger partial charge on any atom is 0.0460 e. The molecule has 2 fully saturated rings. The van der Waals surface area contributed by atoms with Gasteiger partial charge in [0, 0.05) is 12.6 Å². The van der Waals surface area contributed by atoms with E-state index in [-0.39, 0.29) is 0 Å². The molecule has 2 N–H and O–H groups in total. The number of hydrogen-bond donors (Lipinski definition) is 2. The molecule has 3 nitrogen and oxygen atoms in total. The molecule has 0 aromatic rings. The van der Waals surface area contributed by atoms with Crippen molar-refractivity contribution in [1.82, 2.24) is 10.2 Å². The predicted molar refractivity (Wildman–Crippen MR) is 66.5 cm³/mol. The van der Waals surface area contributed by atoms with Crippen LogP contribution in [0.3, 0.4) is 0 Å². The van der Waals surface area contributed by atoms with Crippen molar-refractivity contribution in [3.63, 3.8) is 0 Å². The van der Waals surface area contributed by atoms with Crippen molar-refractivity contribution >= 4 is 0 Å². The minimum atomic E-state index is 0.389. The van der Waals surface area contributed by atoms with E-state index in [1.165, 1.54) is 64.7 Å². The standard InChI is InChI=1S/C13H26N2O/c16-11-12-5-9-15(10-6-12)8-2-4-13-3-1-7-14-13/h12-14,16H,1-11H2. The largest absolute Gasteiger partial charge is 0.396 e. The summed E-state index contributed by atoms with van der Waals surface area (Å²) in [5.41, 5.74) is 0. The molecule has 16 heavy (non-hydrogen) atoms. The van der Waals surface area contributed by atoms with Gasteiger partial charge in [0.1, 0.15) is 0 Å². The Kier molecular flexibility index (Phi) is 5.07.